The van der Waals surface area contributed by atoms with Crippen LogP contribution >= 0.6 is 11.3 Å². The summed E-state index contributed by atoms with van der Waals surface area (Å²) >= 11 is 1.29. The predicted molar refractivity (Wildman–Crippen MR) is 138 cm³/mol. The molecule has 1 saturated heterocycles. The van der Waals surface area contributed by atoms with Gasteiger partial charge < -0.3 is 9.15 Å². The smallest absolute Gasteiger partial charge is 0.280 e. The monoisotopic (exact) mass is 524 g/mol. The fourth-order valence-corrected chi connectivity index (χ4v) is 6.39. The summed E-state index contributed by atoms with van der Waals surface area (Å²) in [4.78, 5) is 18.3. The molecule has 0 radical (unpaired) electrons. The Hall–Kier alpha value is -3.54. The number of furan rings is 1. The number of fused-ring (bicyclic) bond motifs is 1. The normalized spacial score (nSPS) is 14.9. The Bertz CT molecular complexity index is 1490. The second-order valence-corrected chi connectivity index (χ2v) is 11.1. The number of ether oxygens (including phenoxy) is 1. The van der Waals surface area contributed by atoms with Crippen molar-refractivity contribution in [3.63, 3.8) is 0 Å². The average molecular weight is 525 g/mol. The molecule has 0 bridgehead atoms. The molecule has 1 aliphatic rings. The minimum Gasteiger partial charge on any atom is -0.497 e. The first kappa shape index (κ1) is 24.2. The van der Waals surface area contributed by atoms with Gasteiger partial charge in [-0.3, -0.25) is 4.79 Å². The lowest BCUT2D eigenvalue weighted by molar-refractivity contribution is 0.0987. The van der Waals surface area contributed by atoms with Crippen molar-refractivity contribution in [2.24, 2.45) is 5.10 Å². The van der Waals surface area contributed by atoms with Gasteiger partial charge in [-0.25, -0.2) is 13.4 Å². The minimum atomic E-state index is -3.60. The highest BCUT2D eigenvalue weighted by Crippen LogP contribution is 2.32. The summed E-state index contributed by atoms with van der Waals surface area (Å²) in [5, 5.41) is 5.90. The van der Waals surface area contributed by atoms with Crippen molar-refractivity contribution in [3.8, 4) is 5.75 Å². The summed E-state index contributed by atoms with van der Waals surface area (Å²) < 4.78 is 38.9. The van der Waals surface area contributed by atoms with E-state index in [1.807, 2.05) is 12.1 Å². The van der Waals surface area contributed by atoms with Crippen LogP contribution in [0.15, 0.2) is 75.3 Å². The third-order valence-electron chi connectivity index (χ3n) is 5.86. The third kappa shape index (κ3) is 4.90. The highest BCUT2D eigenvalue weighted by Gasteiger charge is 2.27. The van der Waals surface area contributed by atoms with Crippen LogP contribution in [-0.2, 0) is 10.0 Å². The van der Waals surface area contributed by atoms with Gasteiger partial charge in [-0.2, -0.15) is 14.4 Å². The van der Waals surface area contributed by atoms with Crippen LogP contribution in [0.2, 0.25) is 0 Å². The number of piperidine rings is 1. The predicted octanol–water partition coefficient (Wildman–Crippen LogP) is 4.75. The molecule has 1 amide bonds. The van der Waals surface area contributed by atoms with Crippen molar-refractivity contribution in [2.45, 2.75) is 24.2 Å². The minimum absolute atomic E-state index is 0.165. The van der Waals surface area contributed by atoms with Gasteiger partial charge in [0.2, 0.25) is 15.2 Å². The number of benzene rings is 2. The molecule has 0 unspecified atom stereocenters. The van der Waals surface area contributed by atoms with E-state index in [-0.39, 0.29) is 10.5 Å². The first-order chi connectivity index (χ1) is 17.5. The molecule has 36 heavy (non-hydrogen) atoms. The number of amides is 1. The van der Waals surface area contributed by atoms with E-state index >= 15 is 0 Å². The lowest BCUT2D eigenvalue weighted by Crippen LogP contribution is -2.35. The maximum Gasteiger partial charge on any atom is 0.280 e. The number of sulfonamides is 1. The van der Waals surface area contributed by atoms with E-state index in [1.54, 1.807) is 25.3 Å². The Morgan fingerprint density at radius 3 is 2.61 bits per heavy atom. The number of hydrogen-bond donors (Lipinski definition) is 0. The fourth-order valence-electron chi connectivity index (χ4n) is 3.92. The van der Waals surface area contributed by atoms with Crippen molar-refractivity contribution in [2.75, 3.05) is 25.2 Å². The summed E-state index contributed by atoms with van der Waals surface area (Å²) in [5.41, 5.74) is 0.978. The van der Waals surface area contributed by atoms with Gasteiger partial charge >= 0.3 is 0 Å². The number of methoxy groups -OCH3 is 1. The van der Waals surface area contributed by atoms with Crippen LogP contribution in [0.25, 0.3) is 10.2 Å². The summed E-state index contributed by atoms with van der Waals surface area (Å²) in [6.45, 7) is 1.03. The number of carbonyl (C=O) groups excluding carboxylic acids is 1. The number of hydrazone groups is 1. The number of rotatable bonds is 7. The molecule has 5 rings (SSSR count). The number of carbonyl (C=O) groups is 1. The standard InChI is InChI=1S/C25H24N4O5S2/c1-33-19-9-12-22-23(16-19)35-25(27-22)29(26-17-20-6-5-15-34-20)24(30)18-7-10-21(11-8-18)36(31,32)28-13-3-2-4-14-28/h5-12,15-17H,2-4,13-14H2,1H3/b26-17+. The van der Waals surface area contributed by atoms with Crippen molar-refractivity contribution in [1.82, 2.24) is 9.29 Å². The Morgan fingerprint density at radius 1 is 1.14 bits per heavy atom. The van der Waals surface area contributed by atoms with Crippen LogP contribution in [-0.4, -0.2) is 50.0 Å². The van der Waals surface area contributed by atoms with Gasteiger partial charge in [-0.05, 0) is 67.4 Å². The molecule has 0 atom stereocenters. The number of hydrogen-bond acceptors (Lipinski definition) is 8. The van der Waals surface area contributed by atoms with E-state index in [9.17, 15) is 13.2 Å². The van der Waals surface area contributed by atoms with Crippen molar-refractivity contribution in [1.29, 1.82) is 0 Å². The maximum absolute atomic E-state index is 13.5. The average Bonchev–Trinajstić information content (AvgIpc) is 3.59. The second kappa shape index (κ2) is 10.2. The number of anilines is 1. The largest absolute Gasteiger partial charge is 0.497 e. The van der Waals surface area contributed by atoms with Gasteiger partial charge in [0.15, 0.2) is 0 Å². The molecule has 11 heteroatoms. The van der Waals surface area contributed by atoms with E-state index in [0.717, 1.165) is 24.0 Å². The van der Waals surface area contributed by atoms with Gasteiger partial charge in [0.1, 0.15) is 11.5 Å². The molecule has 186 valence electrons. The molecule has 2 aromatic heterocycles. The van der Waals surface area contributed by atoms with Gasteiger partial charge in [0.05, 0.1) is 34.7 Å². The highest BCUT2D eigenvalue weighted by molar-refractivity contribution is 7.89. The van der Waals surface area contributed by atoms with Crippen molar-refractivity contribution < 1.29 is 22.4 Å². The third-order valence-corrected chi connectivity index (χ3v) is 8.76. The van der Waals surface area contributed by atoms with Crippen molar-refractivity contribution >= 4 is 48.8 Å². The fraction of sp³-hybridized carbons (Fsp3) is 0.240. The quantitative estimate of drug-likeness (QED) is 0.255. The van der Waals surface area contributed by atoms with Gasteiger partial charge in [-0.15, -0.1) is 0 Å². The van der Waals surface area contributed by atoms with Crippen LogP contribution in [0.1, 0.15) is 35.4 Å². The van der Waals surface area contributed by atoms with Crippen LogP contribution in [0.3, 0.4) is 0 Å². The number of thiazole rings is 1. The van der Waals surface area contributed by atoms with E-state index in [1.165, 1.54) is 57.4 Å². The van der Waals surface area contributed by atoms with E-state index in [4.69, 9.17) is 9.15 Å². The lowest BCUT2D eigenvalue weighted by Gasteiger charge is -2.25. The molecule has 0 N–H and O–H groups in total. The van der Waals surface area contributed by atoms with E-state index < -0.39 is 15.9 Å². The first-order valence-electron chi connectivity index (χ1n) is 11.4. The van der Waals surface area contributed by atoms with Gasteiger partial charge in [0, 0.05) is 18.7 Å². The first-order valence-corrected chi connectivity index (χ1v) is 13.7. The van der Waals surface area contributed by atoms with Crippen LogP contribution in [0, 0.1) is 0 Å². The topological polar surface area (TPSA) is 105 Å². The lowest BCUT2D eigenvalue weighted by atomic mass is 10.2. The Labute approximate surface area is 212 Å². The maximum atomic E-state index is 13.5. The molecule has 3 heterocycles. The van der Waals surface area contributed by atoms with Crippen LogP contribution < -0.4 is 9.75 Å². The zero-order valence-electron chi connectivity index (χ0n) is 19.5. The molecular weight excluding hydrogens is 500 g/mol. The van der Waals surface area contributed by atoms with Crippen LogP contribution in [0.4, 0.5) is 5.13 Å². The number of aromatic nitrogens is 1. The second-order valence-electron chi connectivity index (χ2n) is 8.20. The molecule has 2 aromatic carbocycles. The molecule has 4 aromatic rings. The van der Waals surface area contributed by atoms with E-state index in [0.29, 0.717) is 35.2 Å². The highest BCUT2D eigenvalue weighted by atomic mass is 32.2. The SMILES string of the molecule is COc1ccc2nc(N(/N=C/c3ccco3)C(=O)c3ccc(S(=O)(=O)N4CCCCC4)cc3)sc2c1. The Balaban J connectivity index is 1.47. The molecular formula is C25H24N4O5S2. The summed E-state index contributed by atoms with van der Waals surface area (Å²) in [6.07, 6.45) is 5.68. The van der Waals surface area contributed by atoms with Crippen molar-refractivity contribution in [3.05, 3.63) is 72.2 Å². The molecule has 0 aliphatic carbocycles. The summed E-state index contributed by atoms with van der Waals surface area (Å²) in [7, 11) is -2.01. The van der Waals surface area contributed by atoms with Crippen LogP contribution in [0.5, 0.6) is 5.75 Å². The molecule has 0 spiro atoms. The Kier molecular flexibility index (Phi) is 6.86. The summed E-state index contributed by atoms with van der Waals surface area (Å²) in [5.74, 6) is 0.699. The summed E-state index contributed by atoms with van der Waals surface area (Å²) in [6, 6.07) is 14.8. The zero-order chi connectivity index (χ0) is 25.1. The molecule has 9 nitrogen and oxygen atoms in total. The van der Waals surface area contributed by atoms with E-state index in [2.05, 4.69) is 10.1 Å². The Morgan fingerprint density at radius 2 is 1.92 bits per heavy atom. The zero-order valence-corrected chi connectivity index (χ0v) is 21.2. The molecule has 1 aliphatic heterocycles. The number of nitrogens with zero attached hydrogens (tertiary/aromatic N) is 4. The van der Waals surface area contributed by atoms with Gasteiger partial charge in [0.25, 0.3) is 5.91 Å². The van der Waals surface area contributed by atoms with Gasteiger partial charge in [-0.1, -0.05) is 17.8 Å². The molecule has 1 fully saturated rings. The molecule has 0 saturated carbocycles.